The number of esters is 1. The standard InChI is InChI=1S/C21H23NO2S/c1-3-13-25-21(14-19(22-15-21)20(23)24-2)18-11-9-17(10-12-18)16-7-5-4-6-8-16/h3-12,19,22H,1,13-15H2,2H3. The summed E-state index contributed by atoms with van der Waals surface area (Å²) in [7, 11) is 1.44. The number of methoxy groups -OCH3 is 1. The fraction of sp³-hybridized carbons (Fsp3) is 0.286. The highest BCUT2D eigenvalue weighted by atomic mass is 32.2. The van der Waals surface area contributed by atoms with Gasteiger partial charge in [0.1, 0.15) is 6.04 Å². The number of ether oxygens (including phenoxy) is 1. The van der Waals surface area contributed by atoms with Crippen molar-refractivity contribution in [2.75, 3.05) is 19.4 Å². The Morgan fingerprint density at radius 2 is 1.92 bits per heavy atom. The molecular formula is C21H23NO2S. The van der Waals surface area contributed by atoms with E-state index in [0.29, 0.717) is 0 Å². The Kier molecular flexibility index (Phi) is 5.61. The van der Waals surface area contributed by atoms with Crippen molar-refractivity contribution in [3.05, 3.63) is 72.8 Å². The molecule has 0 amide bonds. The van der Waals surface area contributed by atoms with E-state index in [0.717, 1.165) is 18.7 Å². The summed E-state index contributed by atoms with van der Waals surface area (Å²) in [6.07, 6.45) is 2.64. The second-order valence-electron chi connectivity index (χ2n) is 6.20. The number of carbonyl (C=O) groups is 1. The third kappa shape index (κ3) is 3.80. The predicted octanol–water partition coefficient (Wildman–Crippen LogP) is 4.00. The molecule has 130 valence electrons. The Hall–Kier alpha value is -2.04. The Balaban J connectivity index is 1.87. The maximum absolute atomic E-state index is 11.9. The van der Waals surface area contributed by atoms with E-state index in [1.165, 1.54) is 23.8 Å². The van der Waals surface area contributed by atoms with Gasteiger partial charge in [0.05, 0.1) is 11.9 Å². The lowest BCUT2D eigenvalue weighted by molar-refractivity contribution is -0.142. The Labute approximate surface area is 153 Å². The van der Waals surface area contributed by atoms with E-state index in [-0.39, 0.29) is 16.8 Å². The molecule has 2 unspecified atom stereocenters. The highest BCUT2D eigenvalue weighted by Crippen LogP contribution is 2.44. The van der Waals surface area contributed by atoms with Crippen LogP contribution in [0.5, 0.6) is 0 Å². The first kappa shape index (κ1) is 17.8. The summed E-state index contributed by atoms with van der Waals surface area (Å²) in [6, 6.07) is 18.8. The minimum Gasteiger partial charge on any atom is -0.468 e. The van der Waals surface area contributed by atoms with E-state index in [4.69, 9.17) is 4.74 Å². The van der Waals surface area contributed by atoms with Gasteiger partial charge in [-0.2, -0.15) is 0 Å². The molecule has 25 heavy (non-hydrogen) atoms. The summed E-state index contributed by atoms with van der Waals surface area (Å²) in [6.45, 7) is 4.58. The molecule has 2 atom stereocenters. The zero-order valence-electron chi connectivity index (χ0n) is 14.4. The van der Waals surface area contributed by atoms with E-state index >= 15 is 0 Å². The number of thioether (sulfide) groups is 1. The molecule has 0 aromatic heterocycles. The largest absolute Gasteiger partial charge is 0.468 e. The molecule has 1 aliphatic rings. The fourth-order valence-corrected chi connectivity index (χ4v) is 4.51. The third-order valence-electron chi connectivity index (χ3n) is 4.65. The van der Waals surface area contributed by atoms with Crippen LogP contribution < -0.4 is 5.32 Å². The van der Waals surface area contributed by atoms with Crippen LogP contribution >= 0.6 is 11.8 Å². The van der Waals surface area contributed by atoms with Gasteiger partial charge < -0.3 is 10.1 Å². The molecule has 1 saturated heterocycles. The van der Waals surface area contributed by atoms with E-state index in [1.807, 2.05) is 36.0 Å². The van der Waals surface area contributed by atoms with Crippen molar-refractivity contribution < 1.29 is 9.53 Å². The van der Waals surface area contributed by atoms with Gasteiger partial charge in [0.25, 0.3) is 0 Å². The zero-order chi connectivity index (χ0) is 17.7. The highest BCUT2D eigenvalue weighted by Gasteiger charge is 2.43. The summed E-state index contributed by atoms with van der Waals surface area (Å²) in [4.78, 5) is 11.9. The van der Waals surface area contributed by atoms with Crippen LogP contribution in [0.4, 0.5) is 0 Å². The smallest absolute Gasteiger partial charge is 0.322 e. The number of nitrogens with one attached hydrogen (secondary N) is 1. The van der Waals surface area contributed by atoms with Crippen molar-refractivity contribution in [2.24, 2.45) is 0 Å². The second-order valence-corrected chi connectivity index (χ2v) is 7.60. The maximum Gasteiger partial charge on any atom is 0.322 e. The van der Waals surface area contributed by atoms with Gasteiger partial charge in [0.2, 0.25) is 0 Å². The molecule has 1 fully saturated rings. The van der Waals surface area contributed by atoms with Crippen molar-refractivity contribution in [2.45, 2.75) is 17.2 Å². The van der Waals surface area contributed by atoms with E-state index in [2.05, 4.69) is 48.3 Å². The summed E-state index contributed by atoms with van der Waals surface area (Å²) in [5.74, 6) is 0.651. The van der Waals surface area contributed by atoms with Gasteiger partial charge >= 0.3 is 5.97 Å². The highest BCUT2D eigenvalue weighted by molar-refractivity contribution is 8.00. The van der Waals surface area contributed by atoms with Crippen molar-refractivity contribution in [1.29, 1.82) is 0 Å². The second kappa shape index (κ2) is 7.89. The van der Waals surface area contributed by atoms with Crippen LogP contribution in [0.1, 0.15) is 12.0 Å². The quantitative estimate of drug-likeness (QED) is 0.629. The maximum atomic E-state index is 11.9. The van der Waals surface area contributed by atoms with Crippen LogP contribution in [-0.2, 0) is 14.3 Å². The predicted molar refractivity (Wildman–Crippen MR) is 105 cm³/mol. The first-order valence-corrected chi connectivity index (χ1v) is 9.39. The van der Waals surface area contributed by atoms with Crippen molar-refractivity contribution in [3.8, 4) is 11.1 Å². The number of benzene rings is 2. The van der Waals surface area contributed by atoms with E-state index in [1.54, 1.807) is 0 Å². The summed E-state index contributed by atoms with van der Waals surface area (Å²) in [5, 5.41) is 3.32. The minimum absolute atomic E-state index is 0.137. The van der Waals surface area contributed by atoms with Gasteiger partial charge in [-0.25, -0.2) is 0 Å². The molecule has 4 heteroatoms. The van der Waals surface area contributed by atoms with Crippen LogP contribution in [0.15, 0.2) is 67.3 Å². The van der Waals surface area contributed by atoms with Crippen LogP contribution in [0.2, 0.25) is 0 Å². The Morgan fingerprint density at radius 3 is 2.56 bits per heavy atom. The Morgan fingerprint density at radius 1 is 1.24 bits per heavy atom. The first-order chi connectivity index (χ1) is 12.2. The van der Waals surface area contributed by atoms with Gasteiger partial charge in [-0.1, -0.05) is 60.7 Å². The molecule has 0 aliphatic carbocycles. The topological polar surface area (TPSA) is 38.3 Å². The van der Waals surface area contributed by atoms with Gasteiger partial charge in [0.15, 0.2) is 0 Å². The SMILES string of the molecule is C=CCSC1(c2ccc(-c3ccccc3)cc2)CNC(C(=O)OC)C1. The molecule has 1 heterocycles. The van der Waals surface area contributed by atoms with Crippen LogP contribution in [0, 0.1) is 0 Å². The van der Waals surface area contributed by atoms with E-state index < -0.39 is 0 Å². The van der Waals surface area contributed by atoms with Crippen molar-refractivity contribution in [1.82, 2.24) is 5.32 Å². The lowest BCUT2D eigenvalue weighted by Gasteiger charge is -2.28. The summed E-state index contributed by atoms with van der Waals surface area (Å²) in [5.41, 5.74) is 3.64. The lowest BCUT2D eigenvalue weighted by atomic mass is 9.93. The van der Waals surface area contributed by atoms with Crippen LogP contribution in [0.3, 0.4) is 0 Å². The lowest BCUT2D eigenvalue weighted by Crippen LogP contribution is -2.31. The van der Waals surface area contributed by atoms with Gasteiger partial charge in [-0.3, -0.25) is 4.79 Å². The molecule has 2 aromatic rings. The number of rotatable bonds is 6. The van der Waals surface area contributed by atoms with E-state index in [9.17, 15) is 4.79 Å². The van der Waals surface area contributed by atoms with Gasteiger partial charge in [-0.05, 0) is 23.1 Å². The molecule has 3 nitrogen and oxygen atoms in total. The molecule has 0 bridgehead atoms. The average Bonchev–Trinajstić information content (AvgIpc) is 3.12. The molecule has 1 N–H and O–H groups in total. The molecule has 0 saturated carbocycles. The minimum atomic E-state index is -0.254. The fourth-order valence-electron chi connectivity index (χ4n) is 3.30. The first-order valence-electron chi connectivity index (χ1n) is 8.40. The summed E-state index contributed by atoms with van der Waals surface area (Å²) >= 11 is 1.83. The van der Waals surface area contributed by atoms with Crippen molar-refractivity contribution >= 4 is 17.7 Å². The monoisotopic (exact) mass is 353 g/mol. The van der Waals surface area contributed by atoms with Gasteiger partial charge in [0, 0.05) is 12.3 Å². The normalized spacial score (nSPS) is 22.5. The molecule has 3 rings (SSSR count). The molecular weight excluding hydrogens is 330 g/mol. The number of hydrogen-bond donors (Lipinski definition) is 1. The number of hydrogen-bond acceptors (Lipinski definition) is 4. The summed E-state index contributed by atoms with van der Waals surface area (Å²) < 4.78 is 4.78. The number of carbonyl (C=O) groups excluding carboxylic acids is 1. The van der Waals surface area contributed by atoms with Crippen LogP contribution in [-0.4, -0.2) is 31.4 Å². The van der Waals surface area contributed by atoms with Crippen molar-refractivity contribution in [3.63, 3.8) is 0 Å². The van der Waals surface area contributed by atoms with Crippen LogP contribution in [0.25, 0.3) is 11.1 Å². The molecule has 2 aromatic carbocycles. The zero-order valence-corrected chi connectivity index (χ0v) is 15.2. The average molecular weight is 353 g/mol. The Bertz CT molecular complexity index is 729. The van der Waals surface area contributed by atoms with Gasteiger partial charge in [-0.15, -0.1) is 18.3 Å². The third-order valence-corrected chi connectivity index (χ3v) is 6.15. The molecule has 1 aliphatic heterocycles. The molecule has 0 radical (unpaired) electrons. The molecule has 0 spiro atoms.